The standard InChI is InChI=1S/C15H23N3O/c1-4-11(5-2)15(19)18(3)13-8-9-14(16-10-13)17-12-6-7-12/h8-12H,4-7H2,1-3H3,(H,16,17). The molecule has 0 radical (unpaired) electrons. The van der Waals surface area contributed by atoms with Crippen molar-refractivity contribution < 1.29 is 4.79 Å². The van der Waals surface area contributed by atoms with E-state index in [1.54, 1.807) is 11.1 Å². The molecule has 1 heterocycles. The fraction of sp³-hybridized carbons (Fsp3) is 0.600. The van der Waals surface area contributed by atoms with Gasteiger partial charge in [-0.05, 0) is 37.8 Å². The van der Waals surface area contributed by atoms with Crippen LogP contribution in [0.2, 0.25) is 0 Å². The molecule has 1 saturated carbocycles. The monoisotopic (exact) mass is 261 g/mol. The van der Waals surface area contributed by atoms with Crippen molar-refractivity contribution in [3.8, 4) is 0 Å². The van der Waals surface area contributed by atoms with Gasteiger partial charge in [-0.2, -0.15) is 0 Å². The molecule has 0 bridgehead atoms. The molecule has 2 rings (SSSR count). The summed E-state index contributed by atoms with van der Waals surface area (Å²) >= 11 is 0. The molecule has 0 aliphatic heterocycles. The summed E-state index contributed by atoms with van der Waals surface area (Å²) < 4.78 is 0. The van der Waals surface area contributed by atoms with Gasteiger partial charge in [0.15, 0.2) is 0 Å². The molecule has 1 fully saturated rings. The molecule has 1 aromatic rings. The van der Waals surface area contributed by atoms with Crippen LogP contribution in [0.15, 0.2) is 18.3 Å². The number of amides is 1. The number of carbonyl (C=O) groups excluding carboxylic acids is 1. The number of nitrogens with zero attached hydrogens (tertiary/aromatic N) is 2. The van der Waals surface area contributed by atoms with E-state index in [4.69, 9.17) is 0 Å². The van der Waals surface area contributed by atoms with E-state index in [-0.39, 0.29) is 11.8 Å². The van der Waals surface area contributed by atoms with Gasteiger partial charge in [0, 0.05) is 19.0 Å². The SMILES string of the molecule is CCC(CC)C(=O)N(C)c1ccc(NC2CC2)nc1. The van der Waals surface area contributed by atoms with Gasteiger partial charge in [0.1, 0.15) is 5.82 Å². The van der Waals surface area contributed by atoms with Gasteiger partial charge in [0.25, 0.3) is 0 Å². The topological polar surface area (TPSA) is 45.2 Å². The molecule has 0 unspecified atom stereocenters. The van der Waals surface area contributed by atoms with E-state index < -0.39 is 0 Å². The maximum atomic E-state index is 12.3. The Kier molecular flexibility index (Phi) is 4.40. The molecule has 104 valence electrons. The highest BCUT2D eigenvalue weighted by Gasteiger charge is 2.22. The van der Waals surface area contributed by atoms with Crippen molar-refractivity contribution in [1.82, 2.24) is 4.98 Å². The van der Waals surface area contributed by atoms with E-state index in [1.165, 1.54) is 12.8 Å². The Morgan fingerprint density at radius 3 is 2.58 bits per heavy atom. The van der Waals surface area contributed by atoms with Gasteiger partial charge in [-0.1, -0.05) is 13.8 Å². The van der Waals surface area contributed by atoms with Crippen LogP contribution in [0.25, 0.3) is 0 Å². The number of rotatable bonds is 6. The summed E-state index contributed by atoms with van der Waals surface area (Å²) in [4.78, 5) is 18.3. The fourth-order valence-corrected chi connectivity index (χ4v) is 2.15. The predicted octanol–water partition coefficient (Wildman–Crippen LogP) is 3.05. The lowest BCUT2D eigenvalue weighted by Gasteiger charge is -2.22. The summed E-state index contributed by atoms with van der Waals surface area (Å²) in [5, 5.41) is 3.34. The minimum absolute atomic E-state index is 0.106. The first kappa shape index (κ1) is 13.8. The van der Waals surface area contributed by atoms with Gasteiger partial charge in [-0.3, -0.25) is 4.79 Å². The molecular weight excluding hydrogens is 238 g/mol. The van der Waals surface area contributed by atoms with Gasteiger partial charge in [-0.15, -0.1) is 0 Å². The maximum Gasteiger partial charge on any atom is 0.229 e. The first-order chi connectivity index (χ1) is 9.15. The Labute approximate surface area is 115 Å². The quantitative estimate of drug-likeness (QED) is 0.856. The van der Waals surface area contributed by atoms with Crippen molar-refractivity contribution in [3.63, 3.8) is 0 Å². The smallest absolute Gasteiger partial charge is 0.229 e. The van der Waals surface area contributed by atoms with E-state index in [0.29, 0.717) is 6.04 Å². The highest BCUT2D eigenvalue weighted by Crippen LogP contribution is 2.25. The Morgan fingerprint density at radius 1 is 1.42 bits per heavy atom. The predicted molar refractivity (Wildman–Crippen MR) is 78.4 cm³/mol. The van der Waals surface area contributed by atoms with Gasteiger partial charge >= 0.3 is 0 Å². The summed E-state index contributed by atoms with van der Waals surface area (Å²) in [7, 11) is 1.83. The third kappa shape index (κ3) is 3.46. The van der Waals surface area contributed by atoms with E-state index in [0.717, 1.165) is 24.3 Å². The molecule has 1 N–H and O–H groups in total. The molecule has 4 heteroatoms. The molecule has 4 nitrogen and oxygen atoms in total. The number of aromatic nitrogens is 1. The van der Waals surface area contributed by atoms with Crippen molar-refractivity contribution >= 4 is 17.4 Å². The molecule has 1 aliphatic carbocycles. The van der Waals surface area contributed by atoms with Crippen LogP contribution < -0.4 is 10.2 Å². The first-order valence-electron chi connectivity index (χ1n) is 7.15. The zero-order chi connectivity index (χ0) is 13.8. The van der Waals surface area contributed by atoms with Crippen LogP contribution >= 0.6 is 0 Å². The Bertz CT molecular complexity index is 422. The fourth-order valence-electron chi connectivity index (χ4n) is 2.15. The third-order valence-electron chi connectivity index (χ3n) is 3.73. The van der Waals surface area contributed by atoms with Crippen LogP contribution in [-0.2, 0) is 4.79 Å². The molecular formula is C15H23N3O. The van der Waals surface area contributed by atoms with Crippen molar-refractivity contribution in [2.45, 2.75) is 45.6 Å². The average molecular weight is 261 g/mol. The highest BCUT2D eigenvalue weighted by atomic mass is 16.2. The highest BCUT2D eigenvalue weighted by molar-refractivity contribution is 5.94. The molecule has 1 aliphatic rings. The molecule has 1 aromatic heterocycles. The molecule has 0 atom stereocenters. The van der Waals surface area contributed by atoms with Gasteiger partial charge in [0.2, 0.25) is 5.91 Å². The molecule has 1 amide bonds. The summed E-state index contributed by atoms with van der Waals surface area (Å²) in [6.45, 7) is 4.11. The summed E-state index contributed by atoms with van der Waals surface area (Å²) in [5.41, 5.74) is 0.859. The number of pyridine rings is 1. The Balaban J connectivity index is 2.01. The number of hydrogen-bond donors (Lipinski definition) is 1. The van der Waals surface area contributed by atoms with Gasteiger partial charge in [-0.25, -0.2) is 4.98 Å². The first-order valence-corrected chi connectivity index (χ1v) is 7.15. The third-order valence-corrected chi connectivity index (χ3v) is 3.73. The number of anilines is 2. The second-order valence-corrected chi connectivity index (χ2v) is 5.23. The Morgan fingerprint density at radius 2 is 2.11 bits per heavy atom. The van der Waals surface area contributed by atoms with Crippen LogP contribution in [0.5, 0.6) is 0 Å². The number of hydrogen-bond acceptors (Lipinski definition) is 3. The van der Waals surface area contributed by atoms with Crippen LogP contribution in [-0.4, -0.2) is 24.0 Å². The minimum atomic E-state index is 0.106. The van der Waals surface area contributed by atoms with Gasteiger partial charge in [0.05, 0.1) is 11.9 Å². The van der Waals surface area contributed by atoms with Crippen LogP contribution in [0.3, 0.4) is 0 Å². The molecule has 0 spiro atoms. The second kappa shape index (κ2) is 6.04. The second-order valence-electron chi connectivity index (χ2n) is 5.23. The van der Waals surface area contributed by atoms with Crippen LogP contribution in [0.1, 0.15) is 39.5 Å². The van der Waals surface area contributed by atoms with Crippen molar-refractivity contribution in [2.75, 3.05) is 17.3 Å². The average Bonchev–Trinajstić information content (AvgIpc) is 3.24. The normalized spacial score (nSPS) is 14.5. The van der Waals surface area contributed by atoms with Gasteiger partial charge < -0.3 is 10.2 Å². The van der Waals surface area contributed by atoms with Crippen molar-refractivity contribution in [1.29, 1.82) is 0 Å². The summed E-state index contributed by atoms with van der Waals surface area (Å²) in [6.07, 6.45) is 6.00. The van der Waals surface area contributed by atoms with E-state index in [9.17, 15) is 4.79 Å². The number of carbonyl (C=O) groups is 1. The largest absolute Gasteiger partial charge is 0.367 e. The zero-order valence-corrected chi connectivity index (χ0v) is 12.0. The Hall–Kier alpha value is -1.58. The zero-order valence-electron chi connectivity index (χ0n) is 12.0. The minimum Gasteiger partial charge on any atom is -0.367 e. The lowest BCUT2D eigenvalue weighted by Crippen LogP contribution is -2.32. The molecule has 0 aromatic carbocycles. The maximum absolute atomic E-state index is 12.3. The lowest BCUT2D eigenvalue weighted by molar-refractivity contribution is -0.122. The van der Waals surface area contributed by atoms with Crippen molar-refractivity contribution in [2.24, 2.45) is 5.92 Å². The van der Waals surface area contributed by atoms with E-state index >= 15 is 0 Å². The lowest BCUT2D eigenvalue weighted by atomic mass is 10.0. The molecule has 19 heavy (non-hydrogen) atoms. The van der Waals surface area contributed by atoms with E-state index in [2.05, 4.69) is 24.1 Å². The van der Waals surface area contributed by atoms with Crippen LogP contribution in [0, 0.1) is 5.92 Å². The summed E-state index contributed by atoms with van der Waals surface area (Å²) in [5.74, 6) is 1.18. The summed E-state index contributed by atoms with van der Waals surface area (Å²) in [6, 6.07) is 4.50. The molecule has 0 saturated heterocycles. The van der Waals surface area contributed by atoms with Crippen LogP contribution in [0.4, 0.5) is 11.5 Å². The van der Waals surface area contributed by atoms with Crippen molar-refractivity contribution in [3.05, 3.63) is 18.3 Å². The van der Waals surface area contributed by atoms with E-state index in [1.807, 2.05) is 19.2 Å². The number of nitrogens with one attached hydrogen (secondary N) is 1.